The molecule has 1 fully saturated rings. The Morgan fingerprint density at radius 1 is 1.22 bits per heavy atom. The van der Waals surface area contributed by atoms with Gasteiger partial charge in [0.25, 0.3) is 0 Å². The van der Waals surface area contributed by atoms with Crippen LogP contribution in [0.15, 0.2) is 0 Å². The van der Waals surface area contributed by atoms with Crippen molar-refractivity contribution in [3.63, 3.8) is 0 Å². The molecule has 0 saturated carbocycles. The van der Waals surface area contributed by atoms with Gasteiger partial charge in [-0.2, -0.15) is 0 Å². The van der Waals surface area contributed by atoms with Gasteiger partial charge in [-0.3, -0.25) is 4.79 Å². The molecule has 1 unspecified atom stereocenters. The predicted molar refractivity (Wildman–Crippen MR) is 68.5 cm³/mol. The molecule has 5 heteroatoms. The van der Waals surface area contributed by atoms with Crippen molar-refractivity contribution < 1.29 is 19.0 Å². The number of ether oxygens (including phenoxy) is 3. The normalized spacial score (nSPS) is 23.9. The number of esters is 1. The third-order valence-corrected chi connectivity index (χ3v) is 3.17. The van der Waals surface area contributed by atoms with Crippen molar-refractivity contribution in [3.8, 4) is 0 Å². The molecule has 0 amide bonds. The average Bonchev–Trinajstić information content (AvgIpc) is 2.38. The Bertz CT molecular complexity index is 239. The number of methoxy groups -OCH3 is 1. The van der Waals surface area contributed by atoms with Crippen LogP contribution < -0.4 is 5.32 Å². The molecule has 1 heterocycles. The van der Waals surface area contributed by atoms with Gasteiger partial charge in [0, 0.05) is 20.1 Å². The molecule has 0 aromatic carbocycles. The number of hydrogen-bond donors (Lipinski definition) is 1. The molecule has 1 saturated heterocycles. The number of nitrogens with one attached hydrogen (secondary N) is 1. The van der Waals surface area contributed by atoms with Crippen LogP contribution in [0.2, 0.25) is 0 Å². The summed E-state index contributed by atoms with van der Waals surface area (Å²) >= 11 is 0. The van der Waals surface area contributed by atoms with Gasteiger partial charge in [-0.1, -0.05) is 0 Å². The Balaban J connectivity index is 2.05. The third kappa shape index (κ3) is 5.33. The Kier molecular flexibility index (Phi) is 7.23. The van der Waals surface area contributed by atoms with Crippen molar-refractivity contribution >= 4 is 5.97 Å². The SMILES string of the molecule is COCCOCCCOC(=O)C1(C)CCCCN1. The zero-order valence-electron chi connectivity index (χ0n) is 11.5. The van der Waals surface area contributed by atoms with Crippen molar-refractivity contribution in [1.82, 2.24) is 5.32 Å². The maximum atomic E-state index is 11.9. The summed E-state index contributed by atoms with van der Waals surface area (Å²) in [5.41, 5.74) is -0.491. The summed E-state index contributed by atoms with van der Waals surface area (Å²) in [6.07, 6.45) is 3.80. The van der Waals surface area contributed by atoms with Crippen LogP contribution in [0.1, 0.15) is 32.6 Å². The van der Waals surface area contributed by atoms with Gasteiger partial charge in [0.05, 0.1) is 19.8 Å². The Labute approximate surface area is 109 Å². The first-order valence-electron chi connectivity index (χ1n) is 6.68. The maximum absolute atomic E-state index is 11.9. The summed E-state index contributed by atoms with van der Waals surface area (Å²) < 4.78 is 15.4. The summed E-state index contributed by atoms with van der Waals surface area (Å²) in [4.78, 5) is 11.9. The third-order valence-electron chi connectivity index (χ3n) is 3.17. The Hall–Kier alpha value is -0.650. The van der Waals surface area contributed by atoms with Crippen LogP contribution in [-0.4, -0.2) is 51.6 Å². The fourth-order valence-electron chi connectivity index (χ4n) is 1.96. The number of hydrogen-bond acceptors (Lipinski definition) is 5. The van der Waals surface area contributed by atoms with Crippen LogP contribution in [0.5, 0.6) is 0 Å². The van der Waals surface area contributed by atoms with Gasteiger partial charge in [0.15, 0.2) is 0 Å². The van der Waals surface area contributed by atoms with Crippen molar-refractivity contribution in [2.45, 2.75) is 38.1 Å². The minimum Gasteiger partial charge on any atom is -0.464 e. The van der Waals surface area contributed by atoms with E-state index in [9.17, 15) is 4.79 Å². The Morgan fingerprint density at radius 3 is 2.72 bits per heavy atom. The highest BCUT2D eigenvalue weighted by molar-refractivity contribution is 5.80. The highest BCUT2D eigenvalue weighted by atomic mass is 16.5. The number of carbonyl (C=O) groups is 1. The lowest BCUT2D eigenvalue weighted by molar-refractivity contribution is -0.152. The molecule has 0 aliphatic carbocycles. The average molecular weight is 259 g/mol. The first-order chi connectivity index (χ1) is 8.69. The van der Waals surface area contributed by atoms with E-state index in [1.54, 1.807) is 7.11 Å². The topological polar surface area (TPSA) is 56.8 Å². The van der Waals surface area contributed by atoms with E-state index in [0.29, 0.717) is 26.4 Å². The molecule has 0 aromatic rings. The molecule has 0 bridgehead atoms. The van der Waals surface area contributed by atoms with E-state index in [-0.39, 0.29) is 5.97 Å². The fraction of sp³-hybridized carbons (Fsp3) is 0.923. The van der Waals surface area contributed by atoms with E-state index in [1.807, 2.05) is 6.92 Å². The smallest absolute Gasteiger partial charge is 0.326 e. The summed E-state index contributed by atoms with van der Waals surface area (Å²) in [5.74, 6) is -0.140. The molecule has 1 aliphatic rings. The largest absolute Gasteiger partial charge is 0.464 e. The number of carbonyl (C=O) groups excluding carboxylic acids is 1. The van der Waals surface area contributed by atoms with Gasteiger partial charge in [0.1, 0.15) is 5.54 Å². The summed E-state index contributed by atoms with van der Waals surface area (Å²) in [6.45, 7) is 5.02. The first kappa shape index (κ1) is 15.4. The van der Waals surface area contributed by atoms with Crippen LogP contribution in [0.3, 0.4) is 0 Å². The second-order valence-corrected chi connectivity index (χ2v) is 4.81. The molecule has 0 spiro atoms. The van der Waals surface area contributed by atoms with Crippen LogP contribution in [0.4, 0.5) is 0 Å². The van der Waals surface area contributed by atoms with Crippen molar-refractivity contribution in [1.29, 1.82) is 0 Å². The van der Waals surface area contributed by atoms with Crippen molar-refractivity contribution in [2.75, 3.05) is 40.1 Å². The highest BCUT2D eigenvalue weighted by Gasteiger charge is 2.35. The molecule has 5 nitrogen and oxygen atoms in total. The van der Waals surface area contributed by atoms with Gasteiger partial charge in [-0.25, -0.2) is 0 Å². The molecule has 0 radical (unpaired) electrons. The molecule has 18 heavy (non-hydrogen) atoms. The molecule has 1 atom stereocenters. The lowest BCUT2D eigenvalue weighted by atomic mass is 9.91. The van der Waals surface area contributed by atoms with Gasteiger partial charge in [0.2, 0.25) is 0 Å². The second kappa shape index (κ2) is 8.45. The lowest BCUT2D eigenvalue weighted by Gasteiger charge is -2.32. The molecular weight excluding hydrogens is 234 g/mol. The maximum Gasteiger partial charge on any atom is 0.326 e. The van der Waals surface area contributed by atoms with Crippen molar-refractivity contribution in [2.24, 2.45) is 0 Å². The number of piperidine rings is 1. The van der Waals surface area contributed by atoms with Crippen LogP contribution in [-0.2, 0) is 19.0 Å². The van der Waals surface area contributed by atoms with Gasteiger partial charge >= 0.3 is 5.97 Å². The van der Waals surface area contributed by atoms with E-state index in [0.717, 1.165) is 32.2 Å². The van der Waals surface area contributed by atoms with E-state index >= 15 is 0 Å². The first-order valence-corrected chi connectivity index (χ1v) is 6.68. The molecule has 1 rings (SSSR count). The van der Waals surface area contributed by atoms with Crippen molar-refractivity contribution in [3.05, 3.63) is 0 Å². The minimum absolute atomic E-state index is 0.140. The van der Waals surface area contributed by atoms with E-state index in [4.69, 9.17) is 14.2 Å². The second-order valence-electron chi connectivity index (χ2n) is 4.81. The van der Waals surface area contributed by atoms with Gasteiger partial charge in [-0.15, -0.1) is 0 Å². The van der Waals surface area contributed by atoms with E-state index in [1.165, 1.54) is 0 Å². The summed E-state index contributed by atoms with van der Waals surface area (Å²) in [6, 6.07) is 0. The number of rotatable bonds is 8. The monoisotopic (exact) mass is 259 g/mol. The summed E-state index contributed by atoms with van der Waals surface area (Å²) in [5, 5.41) is 3.24. The van der Waals surface area contributed by atoms with Crippen LogP contribution >= 0.6 is 0 Å². The van der Waals surface area contributed by atoms with Crippen LogP contribution in [0.25, 0.3) is 0 Å². The fourth-order valence-corrected chi connectivity index (χ4v) is 1.96. The minimum atomic E-state index is -0.491. The van der Waals surface area contributed by atoms with Crippen LogP contribution in [0, 0.1) is 0 Å². The van der Waals surface area contributed by atoms with E-state index < -0.39 is 5.54 Å². The predicted octanol–water partition coefficient (Wildman–Crippen LogP) is 1.11. The van der Waals surface area contributed by atoms with Gasteiger partial charge in [-0.05, 0) is 32.7 Å². The quantitative estimate of drug-likeness (QED) is 0.523. The molecule has 1 N–H and O–H groups in total. The lowest BCUT2D eigenvalue weighted by Crippen LogP contribution is -2.53. The highest BCUT2D eigenvalue weighted by Crippen LogP contribution is 2.20. The van der Waals surface area contributed by atoms with Gasteiger partial charge < -0.3 is 19.5 Å². The molecule has 106 valence electrons. The summed E-state index contributed by atoms with van der Waals surface area (Å²) in [7, 11) is 1.64. The molecular formula is C13H25NO4. The molecule has 0 aromatic heterocycles. The standard InChI is InChI=1S/C13H25NO4/c1-13(6-3-4-7-14-13)12(15)18-9-5-8-17-11-10-16-2/h14H,3-11H2,1-2H3. The zero-order chi connectivity index (χ0) is 13.3. The zero-order valence-corrected chi connectivity index (χ0v) is 11.5. The van der Waals surface area contributed by atoms with E-state index in [2.05, 4.69) is 5.32 Å². The molecule has 1 aliphatic heterocycles. The Morgan fingerprint density at radius 2 is 2.06 bits per heavy atom.